The van der Waals surface area contributed by atoms with Crippen molar-refractivity contribution in [3.8, 4) is 0 Å². The van der Waals surface area contributed by atoms with Crippen molar-refractivity contribution in [1.29, 1.82) is 0 Å². The molecule has 6 heteroatoms. The monoisotopic (exact) mass is 222 g/mol. The van der Waals surface area contributed by atoms with Gasteiger partial charge < -0.3 is 5.32 Å². The summed E-state index contributed by atoms with van der Waals surface area (Å²) >= 11 is 11.6. The number of rotatable bonds is 4. The van der Waals surface area contributed by atoms with E-state index in [9.17, 15) is 0 Å². The Morgan fingerprint density at radius 2 is 2.15 bits per heavy atom. The number of nitrogens with one attached hydrogen (secondary N) is 1. The first-order chi connectivity index (χ1) is 6.11. The van der Waals surface area contributed by atoms with Crippen molar-refractivity contribution in [2.24, 2.45) is 7.05 Å². The molecular formula is C7H12Cl2N4. The van der Waals surface area contributed by atoms with Crippen molar-refractivity contribution in [1.82, 2.24) is 15.0 Å². The summed E-state index contributed by atoms with van der Waals surface area (Å²) in [7, 11) is 1.80. The van der Waals surface area contributed by atoms with Gasteiger partial charge in [0.15, 0.2) is 0 Å². The zero-order chi connectivity index (χ0) is 9.90. The largest absolute Gasteiger partial charge is 0.361 e. The van der Waals surface area contributed by atoms with E-state index in [0.29, 0.717) is 11.8 Å². The number of anilines is 1. The molecule has 74 valence electrons. The van der Waals surface area contributed by atoms with Crippen molar-refractivity contribution >= 4 is 29.0 Å². The fourth-order valence-electron chi connectivity index (χ4n) is 0.815. The quantitative estimate of drug-likeness (QED) is 0.786. The minimum atomic E-state index is -0.321. The van der Waals surface area contributed by atoms with Gasteiger partial charge >= 0.3 is 0 Å². The molecule has 1 aromatic heterocycles. The van der Waals surface area contributed by atoms with Gasteiger partial charge in [0.05, 0.1) is 11.7 Å². The van der Waals surface area contributed by atoms with Crippen LogP contribution in [0, 0.1) is 0 Å². The maximum Gasteiger partial charge on any atom is 0.144 e. The van der Waals surface area contributed by atoms with E-state index in [1.165, 1.54) is 0 Å². The summed E-state index contributed by atoms with van der Waals surface area (Å²) in [5, 5.41) is 10.7. The van der Waals surface area contributed by atoms with Gasteiger partial charge in [0, 0.05) is 18.8 Å². The van der Waals surface area contributed by atoms with Crippen LogP contribution >= 0.6 is 23.2 Å². The van der Waals surface area contributed by atoms with Crippen LogP contribution in [0.4, 0.5) is 5.82 Å². The van der Waals surface area contributed by atoms with Crippen molar-refractivity contribution < 1.29 is 0 Å². The van der Waals surface area contributed by atoms with Gasteiger partial charge in [-0.1, -0.05) is 5.21 Å². The third-order valence-electron chi connectivity index (χ3n) is 1.73. The predicted molar refractivity (Wildman–Crippen MR) is 54.5 cm³/mol. The molecule has 1 N–H and O–H groups in total. The van der Waals surface area contributed by atoms with E-state index < -0.39 is 0 Å². The minimum absolute atomic E-state index is 0.321. The van der Waals surface area contributed by atoms with Crippen LogP contribution in [0.2, 0.25) is 0 Å². The number of halogens is 2. The van der Waals surface area contributed by atoms with Crippen molar-refractivity contribution in [3.05, 3.63) is 6.20 Å². The first kappa shape index (κ1) is 10.6. The van der Waals surface area contributed by atoms with Crippen LogP contribution in [0.5, 0.6) is 0 Å². The van der Waals surface area contributed by atoms with Crippen LogP contribution in [0.25, 0.3) is 0 Å². The van der Waals surface area contributed by atoms with E-state index >= 15 is 0 Å². The average molecular weight is 223 g/mol. The number of alkyl halides is 2. The van der Waals surface area contributed by atoms with Gasteiger partial charge in [0.2, 0.25) is 0 Å². The van der Waals surface area contributed by atoms with E-state index in [-0.39, 0.29) is 5.54 Å². The number of aromatic nitrogens is 3. The number of nitrogens with zero attached hydrogens (tertiary/aromatic N) is 3. The van der Waals surface area contributed by atoms with E-state index in [2.05, 4.69) is 15.6 Å². The minimum Gasteiger partial charge on any atom is -0.361 e. The highest BCUT2D eigenvalue weighted by molar-refractivity contribution is 6.22. The molecule has 1 rings (SSSR count). The molecule has 4 nitrogen and oxygen atoms in total. The Morgan fingerprint density at radius 3 is 2.54 bits per heavy atom. The highest BCUT2D eigenvalue weighted by Crippen LogP contribution is 2.16. The molecule has 0 aliphatic carbocycles. The Labute approximate surface area is 87.2 Å². The van der Waals surface area contributed by atoms with Gasteiger partial charge in [0.1, 0.15) is 5.82 Å². The SMILES string of the molecule is Cn1nncc1NC(C)(CCl)CCl. The summed E-state index contributed by atoms with van der Waals surface area (Å²) in [5.41, 5.74) is -0.321. The van der Waals surface area contributed by atoms with Crippen LogP contribution in [-0.2, 0) is 7.05 Å². The van der Waals surface area contributed by atoms with Crippen molar-refractivity contribution in [3.63, 3.8) is 0 Å². The van der Waals surface area contributed by atoms with Crippen LogP contribution < -0.4 is 5.32 Å². The van der Waals surface area contributed by atoms with E-state index in [4.69, 9.17) is 23.2 Å². The fourth-order valence-corrected chi connectivity index (χ4v) is 1.23. The molecule has 0 aliphatic rings. The first-order valence-corrected chi connectivity index (χ1v) is 4.93. The van der Waals surface area contributed by atoms with Gasteiger partial charge in [-0.2, -0.15) is 0 Å². The molecule has 0 saturated carbocycles. The lowest BCUT2D eigenvalue weighted by Crippen LogP contribution is -2.39. The summed E-state index contributed by atoms with van der Waals surface area (Å²) in [6, 6.07) is 0. The maximum atomic E-state index is 5.78. The summed E-state index contributed by atoms with van der Waals surface area (Å²) in [5.74, 6) is 1.67. The van der Waals surface area contributed by atoms with Gasteiger partial charge in [0.25, 0.3) is 0 Å². The molecule has 1 aromatic rings. The molecular weight excluding hydrogens is 211 g/mol. The Morgan fingerprint density at radius 1 is 1.54 bits per heavy atom. The normalized spacial score (nSPS) is 11.7. The van der Waals surface area contributed by atoms with Crippen molar-refractivity contribution in [2.45, 2.75) is 12.5 Å². The molecule has 0 aromatic carbocycles. The molecule has 0 atom stereocenters. The Kier molecular flexibility index (Phi) is 3.39. The van der Waals surface area contributed by atoms with Gasteiger partial charge in [-0.3, -0.25) is 0 Å². The van der Waals surface area contributed by atoms with Crippen LogP contribution in [-0.4, -0.2) is 32.3 Å². The van der Waals surface area contributed by atoms with Crippen LogP contribution in [0.1, 0.15) is 6.92 Å². The Balaban J connectivity index is 2.73. The van der Waals surface area contributed by atoms with E-state index in [1.807, 2.05) is 6.92 Å². The topological polar surface area (TPSA) is 42.7 Å². The molecule has 0 bridgehead atoms. The lowest BCUT2D eigenvalue weighted by atomic mass is 10.1. The Bertz CT molecular complexity index is 269. The second-order valence-corrected chi connectivity index (χ2v) is 3.73. The van der Waals surface area contributed by atoms with Crippen LogP contribution in [0.15, 0.2) is 6.20 Å². The molecule has 0 radical (unpaired) electrons. The van der Waals surface area contributed by atoms with E-state index in [0.717, 1.165) is 5.82 Å². The lowest BCUT2D eigenvalue weighted by Gasteiger charge is -2.26. The summed E-state index contributed by atoms with van der Waals surface area (Å²) in [6.07, 6.45) is 1.64. The second-order valence-electron chi connectivity index (χ2n) is 3.20. The molecule has 0 unspecified atom stereocenters. The van der Waals surface area contributed by atoms with Gasteiger partial charge in [-0.25, -0.2) is 4.68 Å². The smallest absolute Gasteiger partial charge is 0.144 e. The molecule has 0 spiro atoms. The van der Waals surface area contributed by atoms with E-state index in [1.54, 1.807) is 17.9 Å². The molecule has 1 heterocycles. The Hall–Kier alpha value is -0.480. The summed E-state index contributed by atoms with van der Waals surface area (Å²) in [4.78, 5) is 0. The number of hydrogen-bond donors (Lipinski definition) is 1. The number of hydrogen-bond acceptors (Lipinski definition) is 3. The fraction of sp³-hybridized carbons (Fsp3) is 0.714. The molecule has 13 heavy (non-hydrogen) atoms. The highest BCUT2D eigenvalue weighted by Gasteiger charge is 2.22. The van der Waals surface area contributed by atoms with Crippen molar-refractivity contribution in [2.75, 3.05) is 17.1 Å². The second kappa shape index (κ2) is 4.15. The molecule has 0 aliphatic heterocycles. The standard InChI is InChI=1S/C7H12Cl2N4/c1-7(4-8,5-9)11-6-3-10-12-13(6)2/h3,11H,4-5H2,1-2H3. The summed E-state index contributed by atoms with van der Waals surface area (Å²) in [6.45, 7) is 1.94. The molecule has 0 fully saturated rings. The van der Waals surface area contributed by atoms with Gasteiger partial charge in [-0.15, -0.1) is 28.3 Å². The molecule has 0 saturated heterocycles. The maximum absolute atomic E-state index is 5.78. The molecule has 0 amide bonds. The third kappa shape index (κ3) is 2.48. The van der Waals surface area contributed by atoms with Crippen LogP contribution in [0.3, 0.4) is 0 Å². The zero-order valence-electron chi connectivity index (χ0n) is 7.59. The van der Waals surface area contributed by atoms with Gasteiger partial charge in [-0.05, 0) is 6.92 Å². The first-order valence-electron chi connectivity index (χ1n) is 3.86. The summed E-state index contributed by atoms with van der Waals surface area (Å²) < 4.78 is 1.64. The third-order valence-corrected chi connectivity index (χ3v) is 2.91. The average Bonchev–Trinajstić information content (AvgIpc) is 2.52. The predicted octanol–water partition coefficient (Wildman–Crippen LogP) is 1.46. The number of aryl methyl sites for hydroxylation is 1. The zero-order valence-corrected chi connectivity index (χ0v) is 9.10. The highest BCUT2D eigenvalue weighted by atomic mass is 35.5. The lowest BCUT2D eigenvalue weighted by molar-refractivity contribution is 0.626.